The van der Waals surface area contributed by atoms with E-state index >= 15 is 0 Å². The average molecular weight is 361 g/mol. The molecule has 1 heterocycles. The molecule has 7 heteroatoms. The van der Waals surface area contributed by atoms with E-state index in [0.29, 0.717) is 0 Å². The maximum atomic E-state index is 12.6. The predicted octanol–water partition coefficient (Wildman–Crippen LogP) is 2.45. The second-order valence-corrected chi connectivity index (χ2v) is 5.70. The van der Waals surface area contributed by atoms with Gasteiger partial charge in [0.1, 0.15) is 6.61 Å². The molecule has 0 radical (unpaired) electrons. The van der Waals surface area contributed by atoms with Crippen molar-refractivity contribution in [2.75, 3.05) is 19.8 Å². The molecule has 0 aliphatic carbocycles. The van der Waals surface area contributed by atoms with Gasteiger partial charge in [0, 0.05) is 6.54 Å². The van der Waals surface area contributed by atoms with E-state index in [-0.39, 0.29) is 38.4 Å². The van der Waals surface area contributed by atoms with Crippen molar-refractivity contribution >= 4 is 18.0 Å². The molecule has 140 valence electrons. The van der Waals surface area contributed by atoms with Gasteiger partial charge in [0.15, 0.2) is 0 Å². The molecule has 1 aliphatic heterocycles. The van der Waals surface area contributed by atoms with E-state index in [0.717, 1.165) is 10.5 Å². The number of benzene rings is 1. The van der Waals surface area contributed by atoms with E-state index < -0.39 is 23.6 Å². The highest BCUT2D eigenvalue weighted by Crippen LogP contribution is 2.37. The van der Waals surface area contributed by atoms with E-state index in [9.17, 15) is 14.4 Å². The summed E-state index contributed by atoms with van der Waals surface area (Å²) in [6.07, 6.45) is -0.522. The summed E-state index contributed by atoms with van der Waals surface area (Å²) in [6, 6.07) is 9.10. The molecule has 1 amide bonds. The number of ether oxygens (including phenoxy) is 3. The highest BCUT2D eigenvalue weighted by Gasteiger charge is 2.61. The topological polar surface area (TPSA) is 82.1 Å². The third-order valence-corrected chi connectivity index (χ3v) is 4.12. The van der Waals surface area contributed by atoms with Crippen LogP contribution in [-0.4, -0.2) is 48.2 Å². The Morgan fingerprint density at radius 1 is 1.04 bits per heavy atom. The van der Waals surface area contributed by atoms with Crippen molar-refractivity contribution in [1.82, 2.24) is 4.90 Å². The average Bonchev–Trinajstić information content (AvgIpc) is 2.99. The summed E-state index contributed by atoms with van der Waals surface area (Å²) in [4.78, 5) is 39.0. The zero-order chi connectivity index (χ0) is 19.2. The number of amides is 1. The summed E-state index contributed by atoms with van der Waals surface area (Å²) < 4.78 is 15.4. The summed E-state index contributed by atoms with van der Waals surface area (Å²) >= 11 is 0. The summed E-state index contributed by atoms with van der Waals surface area (Å²) in [7, 11) is 0. The first-order chi connectivity index (χ1) is 12.5. The third kappa shape index (κ3) is 3.56. The van der Waals surface area contributed by atoms with Crippen LogP contribution in [0, 0.1) is 0 Å². The molecule has 0 aromatic heterocycles. The Morgan fingerprint density at radius 3 is 2.15 bits per heavy atom. The van der Waals surface area contributed by atoms with Gasteiger partial charge in [-0.3, -0.25) is 4.90 Å². The molecule has 2 rings (SSSR count). The van der Waals surface area contributed by atoms with Gasteiger partial charge in [-0.2, -0.15) is 0 Å². The molecule has 1 aromatic rings. The molecular formula is C19H23NO6. The van der Waals surface area contributed by atoms with Crippen LogP contribution < -0.4 is 0 Å². The van der Waals surface area contributed by atoms with Crippen LogP contribution in [-0.2, 0) is 30.4 Å². The summed E-state index contributed by atoms with van der Waals surface area (Å²) in [5.74, 6) is -1.75. The molecule has 1 fully saturated rings. The van der Waals surface area contributed by atoms with Gasteiger partial charge in [0.25, 0.3) is 5.54 Å². The van der Waals surface area contributed by atoms with Crippen LogP contribution in [0.4, 0.5) is 4.79 Å². The zero-order valence-corrected chi connectivity index (χ0v) is 15.0. The van der Waals surface area contributed by atoms with Crippen molar-refractivity contribution in [3.63, 3.8) is 0 Å². The molecule has 0 spiro atoms. The van der Waals surface area contributed by atoms with Crippen LogP contribution in [0.3, 0.4) is 0 Å². The molecule has 26 heavy (non-hydrogen) atoms. The third-order valence-electron chi connectivity index (χ3n) is 4.12. The van der Waals surface area contributed by atoms with Crippen molar-refractivity contribution in [3.05, 3.63) is 48.0 Å². The van der Waals surface area contributed by atoms with Crippen molar-refractivity contribution < 1.29 is 28.6 Å². The first kappa shape index (κ1) is 19.5. The smallest absolute Gasteiger partial charge is 0.411 e. The fourth-order valence-corrected chi connectivity index (χ4v) is 2.88. The van der Waals surface area contributed by atoms with Crippen LogP contribution in [0.25, 0.3) is 0 Å². The normalized spacial score (nSPS) is 15.5. The van der Waals surface area contributed by atoms with E-state index in [2.05, 4.69) is 6.58 Å². The van der Waals surface area contributed by atoms with E-state index in [4.69, 9.17) is 14.2 Å². The van der Waals surface area contributed by atoms with E-state index in [1.807, 2.05) is 18.2 Å². The zero-order valence-electron chi connectivity index (χ0n) is 15.0. The second-order valence-electron chi connectivity index (χ2n) is 5.70. The first-order valence-electron chi connectivity index (χ1n) is 8.49. The number of rotatable bonds is 6. The van der Waals surface area contributed by atoms with Crippen LogP contribution in [0.5, 0.6) is 0 Å². The minimum absolute atomic E-state index is 0.0182. The SMILES string of the molecule is C=C1CCN(C(=O)OCc2ccccc2)C1(C(=O)OCC)C(=O)OCC. The molecular weight excluding hydrogens is 338 g/mol. The highest BCUT2D eigenvalue weighted by molar-refractivity contribution is 6.11. The number of esters is 2. The van der Waals surface area contributed by atoms with Crippen molar-refractivity contribution in [3.8, 4) is 0 Å². The van der Waals surface area contributed by atoms with Crippen LogP contribution in [0.15, 0.2) is 42.5 Å². The Labute approximate surface area is 152 Å². The van der Waals surface area contributed by atoms with Gasteiger partial charge in [0.05, 0.1) is 13.2 Å². The van der Waals surface area contributed by atoms with Gasteiger partial charge in [-0.25, -0.2) is 14.4 Å². The van der Waals surface area contributed by atoms with Crippen molar-refractivity contribution in [2.24, 2.45) is 0 Å². The number of nitrogens with zero attached hydrogens (tertiary/aromatic N) is 1. The molecule has 0 saturated carbocycles. The molecule has 1 aromatic carbocycles. The lowest BCUT2D eigenvalue weighted by molar-refractivity contribution is -0.168. The number of carbonyl (C=O) groups excluding carboxylic acids is 3. The molecule has 1 saturated heterocycles. The molecule has 7 nitrogen and oxygen atoms in total. The van der Waals surface area contributed by atoms with Crippen LogP contribution >= 0.6 is 0 Å². The second kappa shape index (κ2) is 8.51. The fraction of sp³-hybridized carbons (Fsp3) is 0.421. The Bertz CT molecular complexity index is 667. The number of carbonyl (C=O) groups is 3. The minimum Gasteiger partial charge on any atom is -0.464 e. The molecule has 1 aliphatic rings. The van der Waals surface area contributed by atoms with Crippen molar-refractivity contribution in [1.29, 1.82) is 0 Å². The quantitative estimate of drug-likeness (QED) is 0.335. The standard InChI is InChI=1S/C19H23NO6/c1-4-24-16(21)19(17(22)25-5-2)14(3)11-12-20(19)18(23)26-13-15-9-7-6-8-10-15/h6-10H,3-5,11-13H2,1-2H3. The molecule has 0 unspecified atom stereocenters. The number of likely N-dealkylation sites (tertiary alicyclic amines) is 1. The van der Waals surface area contributed by atoms with E-state index in [1.54, 1.807) is 26.0 Å². The van der Waals surface area contributed by atoms with Gasteiger partial charge in [-0.1, -0.05) is 36.9 Å². The summed E-state index contributed by atoms with van der Waals surface area (Å²) in [5.41, 5.74) is -0.956. The van der Waals surface area contributed by atoms with Crippen LogP contribution in [0.2, 0.25) is 0 Å². The van der Waals surface area contributed by atoms with Gasteiger partial charge >= 0.3 is 18.0 Å². The van der Waals surface area contributed by atoms with Gasteiger partial charge in [0.2, 0.25) is 0 Å². The molecule has 0 N–H and O–H groups in total. The Morgan fingerprint density at radius 2 is 1.62 bits per heavy atom. The first-order valence-corrected chi connectivity index (χ1v) is 8.49. The highest BCUT2D eigenvalue weighted by atomic mass is 16.6. The summed E-state index contributed by atoms with van der Waals surface area (Å²) in [5, 5.41) is 0. The van der Waals surface area contributed by atoms with Gasteiger partial charge in [-0.05, 0) is 31.4 Å². The van der Waals surface area contributed by atoms with Gasteiger partial charge < -0.3 is 14.2 Å². The lowest BCUT2D eigenvalue weighted by Crippen LogP contribution is -2.60. The van der Waals surface area contributed by atoms with Crippen LogP contribution in [0.1, 0.15) is 25.8 Å². The van der Waals surface area contributed by atoms with Gasteiger partial charge in [-0.15, -0.1) is 0 Å². The molecule has 0 atom stereocenters. The lowest BCUT2D eigenvalue weighted by Gasteiger charge is -2.33. The Kier molecular flexibility index (Phi) is 6.38. The Hall–Kier alpha value is -2.83. The predicted molar refractivity (Wildman–Crippen MR) is 93.1 cm³/mol. The lowest BCUT2D eigenvalue weighted by atomic mass is 9.91. The minimum atomic E-state index is -2.00. The molecule has 0 bridgehead atoms. The number of hydrogen-bond acceptors (Lipinski definition) is 6. The Balaban J connectivity index is 2.28. The van der Waals surface area contributed by atoms with E-state index in [1.165, 1.54) is 0 Å². The largest absolute Gasteiger partial charge is 0.464 e. The summed E-state index contributed by atoms with van der Waals surface area (Å²) in [6.45, 7) is 7.29. The van der Waals surface area contributed by atoms with Crippen molar-refractivity contribution in [2.45, 2.75) is 32.4 Å². The monoisotopic (exact) mass is 361 g/mol. The maximum absolute atomic E-state index is 12.6. The number of hydrogen-bond donors (Lipinski definition) is 0. The maximum Gasteiger partial charge on any atom is 0.411 e. The fourth-order valence-electron chi connectivity index (χ4n) is 2.88.